The molecule has 3 heterocycles. The molecule has 31 heavy (non-hydrogen) atoms. The lowest BCUT2D eigenvalue weighted by atomic mass is 10.0. The van der Waals surface area contributed by atoms with Crippen molar-refractivity contribution < 1.29 is 4.74 Å². The number of piperidine rings is 1. The fraction of sp³-hybridized carbons (Fsp3) is 0.400. The summed E-state index contributed by atoms with van der Waals surface area (Å²) in [4.78, 5) is 2.69. The molecule has 0 amide bonds. The summed E-state index contributed by atoms with van der Waals surface area (Å²) in [6.07, 6.45) is 9.79. The average molecular weight is 414 g/mol. The van der Waals surface area contributed by atoms with E-state index in [1.54, 1.807) is 10.8 Å². The van der Waals surface area contributed by atoms with Gasteiger partial charge in [-0.15, -0.1) is 10.2 Å². The van der Waals surface area contributed by atoms with Crippen LogP contribution in [0.2, 0.25) is 0 Å². The third kappa shape index (κ3) is 3.55. The second-order valence-corrected chi connectivity index (χ2v) is 8.81. The molecule has 6 nitrogen and oxygen atoms in total. The summed E-state index contributed by atoms with van der Waals surface area (Å²) in [6.45, 7) is 2.34. The fourth-order valence-electron chi connectivity index (χ4n) is 5.25. The van der Waals surface area contributed by atoms with Crippen LogP contribution in [-0.2, 0) is 0 Å². The number of likely N-dealkylation sites (tertiary alicyclic amines) is 1. The molecule has 0 radical (unpaired) electrons. The van der Waals surface area contributed by atoms with Crippen LogP contribution < -0.4 is 4.74 Å². The van der Waals surface area contributed by atoms with Gasteiger partial charge >= 0.3 is 0 Å². The molecular weight excluding hydrogens is 386 g/mol. The summed E-state index contributed by atoms with van der Waals surface area (Å²) >= 11 is 0. The van der Waals surface area contributed by atoms with Crippen LogP contribution >= 0.6 is 0 Å². The highest BCUT2D eigenvalue weighted by atomic mass is 16.5. The van der Waals surface area contributed by atoms with Crippen molar-refractivity contribution in [3.05, 3.63) is 54.9 Å². The van der Waals surface area contributed by atoms with Crippen molar-refractivity contribution >= 4 is 16.4 Å². The van der Waals surface area contributed by atoms with Gasteiger partial charge in [-0.1, -0.05) is 37.1 Å². The van der Waals surface area contributed by atoms with E-state index in [1.807, 2.05) is 12.1 Å². The van der Waals surface area contributed by atoms with Crippen molar-refractivity contribution in [3.8, 4) is 17.0 Å². The molecular formula is C25H27N5O. The molecule has 0 atom stereocenters. The molecule has 0 unspecified atom stereocenters. The molecule has 2 aromatic heterocycles. The average Bonchev–Trinajstić information content (AvgIpc) is 3.52. The number of aromatic nitrogens is 4. The number of hydrogen-bond donors (Lipinski definition) is 0. The van der Waals surface area contributed by atoms with Gasteiger partial charge in [0.2, 0.25) is 0 Å². The molecule has 158 valence electrons. The Balaban J connectivity index is 1.19. The molecule has 6 rings (SSSR count). The van der Waals surface area contributed by atoms with Crippen molar-refractivity contribution in [3.63, 3.8) is 0 Å². The number of nitrogens with zero attached hydrogens (tertiary/aromatic N) is 5. The molecule has 1 aliphatic carbocycles. The Bertz CT molecular complexity index is 1190. The lowest BCUT2D eigenvalue weighted by Gasteiger charge is -2.36. The van der Waals surface area contributed by atoms with Crippen LogP contribution in [0.4, 0.5) is 0 Å². The van der Waals surface area contributed by atoms with Crippen molar-refractivity contribution in [1.82, 2.24) is 24.7 Å². The van der Waals surface area contributed by atoms with Crippen LogP contribution in [0.15, 0.2) is 54.9 Å². The summed E-state index contributed by atoms with van der Waals surface area (Å²) in [5.41, 5.74) is 2.78. The van der Waals surface area contributed by atoms with Gasteiger partial charge in [-0.25, -0.2) is 0 Å². The number of benzene rings is 2. The first-order valence-electron chi connectivity index (χ1n) is 11.4. The first-order chi connectivity index (χ1) is 15.3. The monoisotopic (exact) mass is 413 g/mol. The maximum Gasteiger partial charge on any atom is 0.185 e. The zero-order valence-corrected chi connectivity index (χ0v) is 17.7. The molecule has 1 aliphatic heterocycles. The Kier molecular flexibility index (Phi) is 4.80. The van der Waals surface area contributed by atoms with Crippen LogP contribution in [0, 0.1) is 0 Å². The van der Waals surface area contributed by atoms with Crippen molar-refractivity contribution in [2.45, 2.75) is 50.7 Å². The topological polar surface area (TPSA) is 55.5 Å². The van der Waals surface area contributed by atoms with Gasteiger partial charge in [0.1, 0.15) is 18.2 Å². The molecule has 0 bridgehead atoms. The zero-order valence-electron chi connectivity index (χ0n) is 17.7. The Labute approximate surface area is 181 Å². The van der Waals surface area contributed by atoms with E-state index in [0.717, 1.165) is 52.3 Å². The summed E-state index contributed by atoms with van der Waals surface area (Å²) < 4.78 is 8.08. The Morgan fingerprint density at radius 3 is 2.35 bits per heavy atom. The molecule has 2 aromatic carbocycles. The Morgan fingerprint density at radius 2 is 1.58 bits per heavy atom. The van der Waals surface area contributed by atoms with E-state index in [1.165, 1.54) is 38.8 Å². The molecule has 6 heteroatoms. The van der Waals surface area contributed by atoms with Crippen LogP contribution in [0.25, 0.3) is 27.7 Å². The van der Waals surface area contributed by atoms with E-state index >= 15 is 0 Å². The number of fused-ring (bicyclic) bond motifs is 3. The van der Waals surface area contributed by atoms with E-state index < -0.39 is 0 Å². The molecule has 4 aromatic rings. The predicted molar refractivity (Wildman–Crippen MR) is 121 cm³/mol. The van der Waals surface area contributed by atoms with Gasteiger partial charge in [0.25, 0.3) is 0 Å². The second kappa shape index (κ2) is 7.93. The van der Waals surface area contributed by atoms with Crippen LogP contribution in [0.1, 0.15) is 38.5 Å². The van der Waals surface area contributed by atoms with Gasteiger partial charge in [-0.05, 0) is 49.9 Å². The highest BCUT2D eigenvalue weighted by Gasteiger charge is 2.27. The molecule has 1 saturated heterocycles. The minimum atomic E-state index is 0.316. The standard InChI is InChI=1S/C25H27N5O/c1-2-6-19(5-1)29-15-13-21(14-16-29)31-20-11-9-18(10-12-20)24-22-7-3-4-8-23(22)25-27-26-17-30(25)28-24/h3-4,7-12,17,19,21H,1-2,5-6,13-16H2. The van der Waals surface area contributed by atoms with Crippen molar-refractivity contribution in [1.29, 1.82) is 0 Å². The van der Waals surface area contributed by atoms with E-state index in [-0.39, 0.29) is 0 Å². The summed E-state index contributed by atoms with van der Waals surface area (Å²) in [6, 6.07) is 17.4. The maximum atomic E-state index is 6.33. The summed E-state index contributed by atoms with van der Waals surface area (Å²) in [7, 11) is 0. The molecule has 0 N–H and O–H groups in total. The van der Waals surface area contributed by atoms with Crippen LogP contribution in [0.5, 0.6) is 5.75 Å². The molecule has 1 saturated carbocycles. The second-order valence-electron chi connectivity index (χ2n) is 8.81. The van der Waals surface area contributed by atoms with Crippen LogP contribution in [0.3, 0.4) is 0 Å². The largest absolute Gasteiger partial charge is 0.490 e. The van der Waals surface area contributed by atoms with Gasteiger partial charge < -0.3 is 9.64 Å². The number of rotatable bonds is 4. The smallest absolute Gasteiger partial charge is 0.185 e. The molecule has 0 spiro atoms. The van der Waals surface area contributed by atoms with Gasteiger partial charge in [-0.2, -0.15) is 9.61 Å². The van der Waals surface area contributed by atoms with Crippen molar-refractivity contribution in [2.75, 3.05) is 13.1 Å². The van der Waals surface area contributed by atoms with Crippen molar-refractivity contribution in [2.24, 2.45) is 0 Å². The lowest BCUT2D eigenvalue weighted by molar-refractivity contribution is 0.0768. The van der Waals surface area contributed by atoms with Gasteiger partial charge in [-0.3, -0.25) is 0 Å². The van der Waals surface area contributed by atoms with E-state index in [2.05, 4.69) is 51.5 Å². The molecule has 2 fully saturated rings. The number of hydrogen-bond acceptors (Lipinski definition) is 5. The highest BCUT2D eigenvalue weighted by Crippen LogP contribution is 2.31. The van der Waals surface area contributed by atoms with E-state index in [9.17, 15) is 0 Å². The molecule has 2 aliphatic rings. The summed E-state index contributed by atoms with van der Waals surface area (Å²) in [5.74, 6) is 0.942. The Morgan fingerprint density at radius 1 is 0.839 bits per heavy atom. The summed E-state index contributed by atoms with van der Waals surface area (Å²) in [5, 5.41) is 15.1. The van der Waals surface area contributed by atoms with Gasteiger partial charge in [0, 0.05) is 35.5 Å². The third-order valence-electron chi connectivity index (χ3n) is 6.91. The van der Waals surface area contributed by atoms with E-state index in [4.69, 9.17) is 9.84 Å². The minimum Gasteiger partial charge on any atom is -0.490 e. The predicted octanol–water partition coefficient (Wildman–Crippen LogP) is 4.73. The van der Waals surface area contributed by atoms with Gasteiger partial charge in [0.15, 0.2) is 5.65 Å². The lowest BCUT2D eigenvalue weighted by Crippen LogP contribution is -2.43. The zero-order chi connectivity index (χ0) is 20.6. The Hall–Kier alpha value is -2.99. The maximum absolute atomic E-state index is 6.33. The first-order valence-corrected chi connectivity index (χ1v) is 11.4. The SMILES string of the molecule is c1ccc2c(c1)c(-c1ccc(OC3CCN(C4CCCC4)CC3)cc1)nn1cnnc21. The van der Waals surface area contributed by atoms with E-state index in [0.29, 0.717) is 6.10 Å². The third-order valence-corrected chi connectivity index (χ3v) is 6.91. The number of ether oxygens (including phenoxy) is 1. The van der Waals surface area contributed by atoms with Crippen LogP contribution in [-0.4, -0.2) is 49.9 Å². The minimum absolute atomic E-state index is 0.316. The quantitative estimate of drug-likeness (QED) is 0.484. The van der Waals surface area contributed by atoms with Gasteiger partial charge in [0.05, 0.1) is 5.69 Å². The fourth-order valence-corrected chi connectivity index (χ4v) is 5.25. The normalized spacial score (nSPS) is 18.8. The first kappa shape index (κ1) is 18.8. The highest BCUT2D eigenvalue weighted by molar-refractivity contribution is 6.01.